The molecule has 35 heavy (non-hydrogen) atoms. The molecule has 0 bridgehead atoms. The summed E-state index contributed by atoms with van der Waals surface area (Å²) in [7, 11) is 0. The Hall–Kier alpha value is -3.95. The van der Waals surface area contributed by atoms with Gasteiger partial charge in [0.1, 0.15) is 5.69 Å². The largest absolute Gasteiger partial charge is 0.356 e. The van der Waals surface area contributed by atoms with Crippen LogP contribution < -0.4 is 0 Å². The van der Waals surface area contributed by atoms with Crippen LogP contribution in [-0.2, 0) is 10.2 Å². The maximum Gasteiger partial charge on any atom is 0.159 e. The first-order chi connectivity index (χ1) is 17.0. The molecule has 0 saturated carbocycles. The highest BCUT2D eigenvalue weighted by Gasteiger charge is 2.24. The molecule has 6 nitrogen and oxygen atoms in total. The van der Waals surface area contributed by atoms with Gasteiger partial charge in [0.15, 0.2) is 12.1 Å². The maximum atomic E-state index is 9.47. The van der Waals surface area contributed by atoms with Crippen molar-refractivity contribution < 1.29 is 4.74 Å². The predicted octanol–water partition coefficient (Wildman–Crippen LogP) is 6.75. The molecule has 0 spiro atoms. The third-order valence-electron chi connectivity index (χ3n) is 6.97. The Morgan fingerprint density at radius 2 is 1.83 bits per heavy atom. The first kappa shape index (κ1) is 21.6. The summed E-state index contributed by atoms with van der Waals surface area (Å²) in [4.78, 5) is 8.29. The van der Waals surface area contributed by atoms with Gasteiger partial charge in [-0.3, -0.25) is 0 Å². The van der Waals surface area contributed by atoms with E-state index in [4.69, 9.17) is 14.8 Å². The van der Waals surface area contributed by atoms with Crippen LogP contribution in [0, 0.1) is 11.3 Å². The van der Waals surface area contributed by atoms with Crippen LogP contribution in [0.1, 0.15) is 44.9 Å². The number of ether oxygens (including phenoxy) is 1. The number of hydrogen-bond donors (Lipinski definition) is 1. The molecule has 1 aliphatic heterocycles. The zero-order chi connectivity index (χ0) is 24.0. The van der Waals surface area contributed by atoms with Crippen molar-refractivity contribution in [3.63, 3.8) is 0 Å². The fourth-order valence-corrected chi connectivity index (χ4v) is 4.84. The molecule has 6 heteroatoms. The lowest BCUT2D eigenvalue weighted by Gasteiger charge is -2.23. The van der Waals surface area contributed by atoms with Crippen LogP contribution in [0.15, 0.2) is 66.7 Å². The van der Waals surface area contributed by atoms with Gasteiger partial charge in [0, 0.05) is 12.0 Å². The van der Waals surface area contributed by atoms with E-state index in [9.17, 15) is 5.26 Å². The predicted molar refractivity (Wildman–Crippen MR) is 138 cm³/mol. The lowest BCUT2D eigenvalue weighted by Crippen LogP contribution is -2.19. The van der Waals surface area contributed by atoms with Crippen LogP contribution in [0.25, 0.3) is 44.6 Å². The van der Waals surface area contributed by atoms with Crippen molar-refractivity contribution in [3.05, 3.63) is 72.3 Å². The fourth-order valence-electron chi connectivity index (χ4n) is 4.84. The van der Waals surface area contributed by atoms with Crippen LogP contribution in [0.2, 0.25) is 0 Å². The lowest BCUT2D eigenvalue weighted by molar-refractivity contribution is -0.0365. The smallest absolute Gasteiger partial charge is 0.159 e. The molecular weight excluding hydrogens is 434 g/mol. The van der Waals surface area contributed by atoms with E-state index in [2.05, 4.69) is 41.4 Å². The van der Waals surface area contributed by atoms with Gasteiger partial charge in [0.05, 0.1) is 28.0 Å². The molecule has 3 aromatic carbocycles. The van der Waals surface area contributed by atoms with E-state index in [1.807, 2.05) is 54.9 Å². The summed E-state index contributed by atoms with van der Waals surface area (Å²) in [6.07, 6.45) is 3.11. The number of hydrogen-bond acceptors (Lipinski definition) is 4. The molecule has 1 N–H and O–H groups in total. The van der Waals surface area contributed by atoms with Crippen LogP contribution in [0.3, 0.4) is 0 Å². The number of aromatic amines is 1. The van der Waals surface area contributed by atoms with E-state index >= 15 is 0 Å². The summed E-state index contributed by atoms with van der Waals surface area (Å²) in [6.45, 7) is 4.64. The number of aromatic nitrogens is 4. The molecule has 0 amide bonds. The van der Waals surface area contributed by atoms with Crippen LogP contribution in [0.4, 0.5) is 0 Å². The molecule has 6 rings (SSSR count). The second-order valence-electron chi connectivity index (χ2n) is 9.76. The van der Waals surface area contributed by atoms with Crippen molar-refractivity contribution in [2.24, 2.45) is 0 Å². The van der Waals surface area contributed by atoms with Crippen molar-refractivity contribution in [2.45, 2.75) is 44.8 Å². The number of nitriles is 1. The number of benzene rings is 3. The summed E-state index contributed by atoms with van der Waals surface area (Å²) in [6, 6.07) is 25.1. The lowest BCUT2D eigenvalue weighted by atomic mass is 9.85. The molecule has 174 valence electrons. The molecule has 1 saturated heterocycles. The Kier molecular flexibility index (Phi) is 5.16. The number of H-pyrrole nitrogens is 1. The standard InChI is InChI=1S/C29H27N5O/c1-29(2,18-30)21-13-10-19(11-14-21)20-12-15-25-22(17-20)27(33-34(25)26-9-5-6-16-35-26)28-31-23-7-3-4-8-24(23)32-28/h3-4,7-8,10-15,17,26H,5-6,9,16H2,1-2H3,(H,31,32). The van der Waals surface area contributed by atoms with Crippen molar-refractivity contribution in [1.82, 2.24) is 19.7 Å². The summed E-state index contributed by atoms with van der Waals surface area (Å²) in [5.74, 6) is 0.758. The van der Waals surface area contributed by atoms with Gasteiger partial charge in [0.2, 0.25) is 0 Å². The van der Waals surface area contributed by atoms with Gasteiger partial charge in [-0.15, -0.1) is 0 Å². The number of para-hydroxylation sites is 2. The number of rotatable bonds is 4. The van der Waals surface area contributed by atoms with Gasteiger partial charge in [-0.2, -0.15) is 10.4 Å². The van der Waals surface area contributed by atoms with Crippen molar-refractivity contribution in [3.8, 4) is 28.7 Å². The quantitative estimate of drug-likeness (QED) is 0.321. The average Bonchev–Trinajstić information content (AvgIpc) is 3.50. The zero-order valence-corrected chi connectivity index (χ0v) is 20.0. The van der Waals surface area contributed by atoms with Gasteiger partial charge in [-0.1, -0.05) is 42.5 Å². The minimum atomic E-state index is -0.516. The zero-order valence-electron chi connectivity index (χ0n) is 20.0. The minimum absolute atomic E-state index is 0.0669. The average molecular weight is 462 g/mol. The fraction of sp³-hybridized carbons (Fsp3) is 0.276. The SMILES string of the molecule is CC(C)(C#N)c1ccc(-c2ccc3c(c2)c(-c2nc4ccccc4[nH]2)nn3C2CCCCO2)cc1. The molecule has 5 aromatic rings. The first-order valence-corrected chi connectivity index (χ1v) is 12.1. The van der Waals surface area contributed by atoms with Gasteiger partial charge >= 0.3 is 0 Å². The summed E-state index contributed by atoms with van der Waals surface area (Å²) in [5, 5.41) is 15.5. The van der Waals surface area contributed by atoms with Crippen LogP contribution in [-0.4, -0.2) is 26.4 Å². The molecule has 0 radical (unpaired) electrons. The Morgan fingerprint density at radius 1 is 1.03 bits per heavy atom. The monoisotopic (exact) mass is 461 g/mol. The van der Waals surface area contributed by atoms with Crippen LogP contribution >= 0.6 is 0 Å². The van der Waals surface area contributed by atoms with Crippen molar-refractivity contribution >= 4 is 21.9 Å². The first-order valence-electron chi connectivity index (χ1n) is 12.1. The summed E-state index contributed by atoms with van der Waals surface area (Å²) >= 11 is 0. The minimum Gasteiger partial charge on any atom is -0.356 e. The Bertz CT molecular complexity index is 1530. The summed E-state index contributed by atoms with van der Waals surface area (Å²) < 4.78 is 8.12. The molecule has 1 aliphatic rings. The highest BCUT2D eigenvalue weighted by atomic mass is 16.5. The highest BCUT2D eigenvalue weighted by Crippen LogP contribution is 2.35. The Balaban J connectivity index is 1.49. The van der Waals surface area contributed by atoms with Gasteiger partial charge in [-0.25, -0.2) is 9.67 Å². The Labute approximate surface area is 204 Å². The van der Waals surface area contributed by atoms with Crippen molar-refractivity contribution in [1.29, 1.82) is 5.26 Å². The van der Waals surface area contributed by atoms with E-state index in [1.54, 1.807) is 0 Å². The molecule has 1 fully saturated rings. The molecule has 2 aromatic heterocycles. The third-order valence-corrected chi connectivity index (χ3v) is 6.97. The third kappa shape index (κ3) is 3.78. The maximum absolute atomic E-state index is 9.47. The van der Waals surface area contributed by atoms with Gasteiger partial charge in [-0.05, 0) is 74.1 Å². The highest BCUT2D eigenvalue weighted by molar-refractivity contribution is 5.96. The summed E-state index contributed by atoms with van der Waals surface area (Å²) in [5.41, 5.74) is 6.47. The number of nitrogens with zero attached hydrogens (tertiary/aromatic N) is 4. The molecule has 1 atom stereocenters. The molecule has 0 aliphatic carbocycles. The number of fused-ring (bicyclic) bond motifs is 2. The molecule has 3 heterocycles. The molecular formula is C29H27N5O. The van der Waals surface area contributed by atoms with E-state index in [-0.39, 0.29) is 6.23 Å². The normalized spacial score (nSPS) is 16.5. The second-order valence-corrected chi connectivity index (χ2v) is 9.76. The number of imidazole rings is 1. The van der Waals surface area contributed by atoms with Gasteiger partial charge in [0.25, 0.3) is 0 Å². The van der Waals surface area contributed by atoms with Gasteiger partial charge < -0.3 is 9.72 Å². The topological polar surface area (TPSA) is 79.5 Å². The Morgan fingerprint density at radius 3 is 2.57 bits per heavy atom. The van der Waals surface area contributed by atoms with E-state index < -0.39 is 5.41 Å². The van der Waals surface area contributed by atoms with E-state index in [0.29, 0.717) is 0 Å². The second kappa shape index (κ2) is 8.37. The molecule has 1 unspecified atom stereocenters. The van der Waals surface area contributed by atoms with Crippen LogP contribution in [0.5, 0.6) is 0 Å². The number of nitrogens with one attached hydrogen (secondary N) is 1. The van der Waals surface area contributed by atoms with E-state index in [0.717, 1.165) is 76.0 Å². The van der Waals surface area contributed by atoms with Crippen molar-refractivity contribution in [2.75, 3.05) is 6.61 Å². The van der Waals surface area contributed by atoms with E-state index in [1.165, 1.54) is 0 Å².